The highest BCUT2D eigenvalue weighted by Crippen LogP contribution is 2.17. The summed E-state index contributed by atoms with van der Waals surface area (Å²) in [6.07, 6.45) is 3.47. The molecule has 0 radical (unpaired) electrons. The van der Waals surface area contributed by atoms with Crippen LogP contribution in [0.5, 0.6) is 0 Å². The van der Waals surface area contributed by atoms with Crippen LogP contribution in [-0.4, -0.2) is 25.8 Å². The molecule has 6 heteroatoms. The number of benzene rings is 1. The highest BCUT2D eigenvalue weighted by Gasteiger charge is 2.10. The molecule has 0 aliphatic carbocycles. The average molecular weight is 243 g/mol. The molecule has 0 fully saturated rings. The maximum absolute atomic E-state index is 10.8. The van der Waals surface area contributed by atoms with E-state index in [1.54, 1.807) is 23.1 Å². The Morgan fingerprint density at radius 3 is 3.06 bits per heavy atom. The Bertz CT molecular complexity index is 701. The van der Waals surface area contributed by atoms with Crippen molar-refractivity contribution in [3.63, 3.8) is 0 Å². The van der Waals surface area contributed by atoms with Gasteiger partial charge in [0, 0.05) is 12.4 Å². The smallest absolute Gasteiger partial charge is 0.335 e. The van der Waals surface area contributed by atoms with Crippen LogP contribution in [0.1, 0.15) is 16.2 Å². The first-order valence-electron chi connectivity index (χ1n) is 5.32. The topological polar surface area (TPSA) is 81.1 Å². The third-order valence-corrected chi connectivity index (χ3v) is 2.54. The van der Waals surface area contributed by atoms with Crippen LogP contribution in [0.25, 0.3) is 11.1 Å². The molecule has 3 rings (SSSR count). The van der Waals surface area contributed by atoms with Gasteiger partial charge in [-0.2, -0.15) is 5.10 Å². The molecule has 0 aliphatic rings. The van der Waals surface area contributed by atoms with Crippen LogP contribution in [-0.2, 0) is 6.54 Å². The number of aromatic nitrogens is 3. The minimum atomic E-state index is -0.984. The zero-order valence-corrected chi connectivity index (χ0v) is 9.28. The number of carboxylic acids is 1. The molecule has 6 nitrogen and oxygen atoms in total. The average Bonchev–Trinajstić information content (AvgIpc) is 2.96. The van der Waals surface area contributed by atoms with Crippen molar-refractivity contribution >= 4 is 17.1 Å². The lowest BCUT2D eigenvalue weighted by molar-refractivity contribution is 0.0697. The van der Waals surface area contributed by atoms with Crippen molar-refractivity contribution < 1.29 is 14.3 Å². The van der Waals surface area contributed by atoms with Gasteiger partial charge >= 0.3 is 5.97 Å². The second-order valence-electron chi connectivity index (χ2n) is 3.80. The number of hydrogen-bond donors (Lipinski definition) is 1. The summed E-state index contributed by atoms with van der Waals surface area (Å²) in [6, 6.07) is 6.42. The maximum atomic E-state index is 10.8. The predicted molar refractivity (Wildman–Crippen MR) is 62.3 cm³/mol. The number of carbonyl (C=O) groups is 1. The molecule has 1 aromatic carbocycles. The Hall–Kier alpha value is -2.63. The molecule has 0 amide bonds. The van der Waals surface area contributed by atoms with Gasteiger partial charge in [-0.1, -0.05) is 0 Å². The lowest BCUT2D eigenvalue weighted by Crippen LogP contribution is -1.99. The van der Waals surface area contributed by atoms with Gasteiger partial charge in [0.15, 0.2) is 5.58 Å². The number of nitrogens with zero attached hydrogens (tertiary/aromatic N) is 3. The summed E-state index contributed by atoms with van der Waals surface area (Å²) >= 11 is 0. The summed E-state index contributed by atoms with van der Waals surface area (Å²) in [5.74, 6) is -0.488. The van der Waals surface area contributed by atoms with Crippen molar-refractivity contribution in [2.24, 2.45) is 0 Å². The number of rotatable bonds is 3. The van der Waals surface area contributed by atoms with Crippen LogP contribution >= 0.6 is 0 Å². The number of oxazole rings is 1. The highest BCUT2D eigenvalue weighted by molar-refractivity contribution is 5.91. The minimum absolute atomic E-state index is 0.185. The Balaban J connectivity index is 1.98. The molecule has 2 heterocycles. The first-order chi connectivity index (χ1) is 8.72. The minimum Gasteiger partial charge on any atom is -0.478 e. The van der Waals surface area contributed by atoms with E-state index in [-0.39, 0.29) is 5.56 Å². The first kappa shape index (κ1) is 10.5. The summed E-state index contributed by atoms with van der Waals surface area (Å²) in [7, 11) is 0. The van der Waals surface area contributed by atoms with Crippen molar-refractivity contribution in [2.45, 2.75) is 6.54 Å². The molecular formula is C12H9N3O3. The van der Waals surface area contributed by atoms with E-state index in [4.69, 9.17) is 9.52 Å². The Labute approximate surface area is 101 Å². The van der Waals surface area contributed by atoms with Crippen LogP contribution in [0.2, 0.25) is 0 Å². The summed E-state index contributed by atoms with van der Waals surface area (Å²) in [6.45, 7) is 0.421. The van der Waals surface area contributed by atoms with Crippen LogP contribution in [0.3, 0.4) is 0 Å². The van der Waals surface area contributed by atoms with E-state index in [1.807, 2.05) is 6.07 Å². The van der Waals surface area contributed by atoms with Gasteiger partial charge in [-0.3, -0.25) is 4.68 Å². The highest BCUT2D eigenvalue weighted by atomic mass is 16.4. The quantitative estimate of drug-likeness (QED) is 0.758. The van der Waals surface area contributed by atoms with Gasteiger partial charge in [0.2, 0.25) is 5.89 Å². The van der Waals surface area contributed by atoms with E-state index in [0.717, 1.165) is 0 Å². The van der Waals surface area contributed by atoms with Crippen molar-refractivity contribution in [2.75, 3.05) is 0 Å². The number of carboxylic acid groups (broad SMARTS) is 1. The van der Waals surface area contributed by atoms with E-state index in [2.05, 4.69) is 10.1 Å². The van der Waals surface area contributed by atoms with E-state index < -0.39 is 5.97 Å². The third kappa shape index (κ3) is 1.84. The van der Waals surface area contributed by atoms with Gasteiger partial charge < -0.3 is 9.52 Å². The monoisotopic (exact) mass is 243 g/mol. The summed E-state index contributed by atoms with van der Waals surface area (Å²) in [5.41, 5.74) is 1.29. The van der Waals surface area contributed by atoms with Gasteiger partial charge in [-0.25, -0.2) is 9.78 Å². The number of fused-ring (bicyclic) bond motifs is 1. The fourth-order valence-corrected chi connectivity index (χ4v) is 1.71. The molecule has 0 bridgehead atoms. The predicted octanol–water partition coefficient (Wildman–Crippen LogP) is 1.77. The molecule has 0 saturated heterocycles. The molecule has 0 spiro atoms. The van der Waals surface area contributed by atoms with E-state index in [1.165, 1.54) is 12.1 Å². The molecule has 3 aromatic rings. The van der Waals surface area contributed by atoms with Crippen molar-refractivity contribution in [1.29, 1.82) is 0 Å². The molecule has 1 N–H and O–H groups in total. The summed E-state index contributed by atoms with van der Waals surface area (Å²) < 4.78 is 7.18. The van der Waals surface area contributed by atoms with E-state index in [9.17, 15) is 4.79 Å². The molecule has 0 unspecified atom stereocenters. The lowest BCUT2D eigenvalue weighted by Gasteiger charge is -1.94. The first-order valence-corrected chi connectivity index (χ1v) is 5.32. The standard InChI is InChI=1S/C12H9N3O3/c16-12(17)8-2-3-9-10(6-8)18-11(14-9)7-15-5-1-4-13-15/h1-6H,7H2,(H,16,17). The largest absolute Gasteiger partial charge is 0.478 e. The number of aromatic carboxylic acids is 1. The second kappa shape index (κ2) is 3.99. The molecule has 18 heavy (non-hydrogen) atoms. The van der Waals surface area contributed by atoms with Crippen LogP contribution < -0.4 is 0 Å². The molecule has 0 aliphatic heterocycles. The molecule has 2 aromatic heterocycles. The third-order valence-electron chi connectivity index (χ3n) is 2.54. The van der Waals surface area contributed by atoms with Gasteiger partial charge in [0.05, 0.1) is 5.56 Å². The van der Waals surface area contributed by atoms with E-state index in [0.29, 0.717) is 23.5 Å². The zero-order valence-electron chi connectivity index (χ0n) is 9.28. The summed E-state index contributed by atoms with van der Waals surface area (Å²) in [4.78, 5) is 15.1. The van der Waals surface area contributed by atoms with E-state index >= 15 is 0 Å². The fourth-order valence-electron chi connectivity index (χ4n) is 1.71. The maximum Gasteiger partial charge on any atom is 0.335 e. The van der Waals surface area contributed by atoms with Crippen LogP contribution in [0.15, 0.2) is 41.1 Å². The molecule has 0 saturated carbocycles. The van der Waals surface area contributed by atoms with Crippen LogP contribution in [0, 0.1) is 0 Å². The molecule has 90 valence electrons. The second-order valence-corrected chi connectivity index (χ2v) is 3.80. The SMILES string of the molecule is O=C(O)c1ccc2nc(Cn3cccn3)oc2c1. The Morgan fingerprint density at radius 2 is 2.33 bits per heavy atom. The Morgan fingerprint density at radius 1 is 1.44 bits per heavy atom. The summed E-state index contributed by atoms with van der Waals surface area (Å²) in [5, 5.41) is 12.9. The normalized spacial score (nSPS) is 10.9. The molecule has 0 atom stereocenters. The van der Waals surface area contributed by atoms with Crippen molar-refractivity contribution in [3.05, 3.63) is 48.1 Å². The van der Waals surface area contributed by atoms with Gasteiger partial charge in [0.25, 0.3) is 0 Å². The van der Waals surface area contributed by atoms with Crippen molar-refractivity contribution in [3.8, 4) is 0 Å². The van der Waals surface area contributed by atoms with Gasteiger partial charge in [0.1, 0.15) is 12.1 Å². The molecular weight excluding hydrogens is 234 g/mol. The van der Waals surface area contributed by atoms with Gasteiger partial charge in [-0.05, 0) is 24.3 Å². The zero-order chi connectivity index (χ0) is 12.5. The van der Waals surface area contributed by atoms with Gasteiger partial charge in [-0.15, -0.1) is 0 Å². The Kier molecular flexibility index (Phi) is 2.33. The lowest BCUT2D eigenvalue weighted by atomic mass is 10.2. The van der Waals surface area contributed by atoms with Crippen LogP contribution in [0.4, 0.5) is 0 Å². The van der Waals surface area contributed by atoms with Crippen molar-refractivity contribution in [1.82, 2.24) is 14.8 Å². The fraction of sp³-hybridized carbons (Fsp3) is 0.0833. The number of hydrogen-bond acceptors (Lipinski definition) is 4.